The Bertz CT molecular complexity index is 1220. The summed E-state index contributed by atoms with van der Waals surface area (Å²) in [5.74, 6) is 2.72. The van der Waals surface area contributed by atoms with Crippen LogP contribution in [-0.4, -0.2) is 64.1 Å². The summed E-state index contributed by atoms with van der Waals surface area (Å²) in [5.41, 5.74) is 2.29. The minimum Gasteiger partial charge on any atom is -0.493 e. The third-order valence-corrected chi connectivity index (χ3v) is 7.62. The highest BCUT2D eigenvalue weighted by Crippen LogP contribution is 2.35. The van der Waals surface area contributed by atoms with Crippen LogP contribution in [0.2, 0.25) is 5.02 Å². The van der Waals surface area contributed by atoms with Crippen molar-refractivity contribution in [1.29, 1.82) is 0 Å². The molecule has 0 unspecified atom stereocenters. The van der Waals surface area contributed by atoms with Crippen LogP contribution >= 0.6 is 11.6 Å². The van der Waals surface area contributed by atoms with E-state index in [1.165, 1.54) is 18.9 Å². The van der Waals surface area contributed by atoms with Gasteiger partial charge in [0.2, 0.25) is 0 Å². The number of nitrogens with zero attached hydrogens (tertiary/aromatic N) is 6. The summed E-state index contributed by atoms with van der Waals surface area (Å²) in [6, 6.07) is 8.14. The van der Waals surface area contributed by atoms with E-state index in [0.717, 1.165) is 86.8 Å². The first kappa shape index (κ1) is 22.7. The van der Waals surface area contributed by atoms with E-state index in [0.29, 0.717) is 6.04 Å². The second-order valence-electron chi connectivity index (χ2n) is 9.44. The fraction of sp³-hybridized carbons (Fsp3) is 0.480. The Hall–Kier alpha value is -2.75. The van der Waals surface area contributed by atoms with Crippen LogP contribution in [0, 0.1) is 5.82 Å². The number of fused-ring (bicyclic) bond motifs is 3. The van der Waals surface area contributed by atoms with Gasteiger partial charge in [0.05, 0.1) is 32.1 Å². The van der Waals surface area contributed by atoms with Gasteiger partial charge in [-0.05, 0) is 43.0 Å². The lowest BCUT2D eigenvalue weighted by molar-refractivity contribution is 0.133. The van der Waals surface area contributed by atoms with E-state index in [4.69, 9.17) is 26.2 Å². The Morgan fingerprint density at radius 3 is 2.74 bits per heavy atom. The Kier molecular flexibility index (Phi) is 6.07. The van der Waals surface area contributed by atoms with Crippen molar-refractivity contribution in [3.63, 3.8) is 0 Å². The van der Waals surface area contributed by atoms with Gasteiger partial charge in [-0.15, -0.1) is 10.2 Å². The molecule has 0 aliphatic carbocycles. The van der Waals surface area contributed by atoms with E-state index < -0.39 is 5.82 Å². The van der Waals surface area contributed by atoms with Gasteiger partial charge in [-0.25, -0.2) is 9.37 Å². The number of pyridine rings is 1. The fourth-order valence-electron chi connectivity index (χ4n) is 5.49. The molecule has 0 saturated carbocycles. The summed E-state index contributed by atoms with van der Waals surface area (Å²) < 4.78 is 26.9. The van der Waals surface area contributed by atoms with Crippen LogP contribution in [0.25, 0.3) is 5.69 Å². The molecule has 1 atom stereocenters. The van der Waals surface area contributed by atoms with Crippen LogP contribution in [-0.2, 0) is 17.8 Å². The third-order valence-electron chi connectivity index (χ3n) is 7.39. The summed E-state index contributed by atoms with van der Waals surface area (Å²) in [7, 11) is 1.47. The van der Waals surface area contributed by atoms with Crippen molar-refractivity contribution in [1.82, 2.24) is 24.6 Å². The molecule has 0 bridgehead atoms. The molecule has 2 saturated heterocycles. The summed E-state index contributed by atoms with van der Waals surface area (Å²) >= 11 is 6.40. The fourth-order valence-corrected chi connectivity index (χ4v) is 5.68. The SMILES string of the molecule is COc1cc(N2CCC(c3nnc4n3-c3ccc(Cl)cc3CN([C@@H]3CCOC3)C4)CC2)ncc1F. The molecule has 10 heteroatoms. The van der Waals surface area contributed by atoms with Crippen molar-refractivity contribution in [2.75, 3.05) is 38.3 Å². The lowest BCUT2D eigenvalue weighted by Gasteiger charge is -2.32. The van der Waals surface area contributed by atoms with Crippen LogP contribution in [0.1, 0.15) is 42.4 Å². The molecular weight excluding hydrogens is 471 g/mol. The number of rotatable bonds is 4. The van der Waals surface area contributed by atoms with Gasteiger partial charge in [0, 0.05) is 49.3 Å². The summed E-state index contributed by atoms with van der Waals surface area (Å²) in [6.07, 6.45) is 4.06. The predicted octanol–water partition coefficient (Wildman–Crippen LogP) is 3.95. The minimum absolute atomic E-state index is 0.215. The quantitative estimate of drug-likeness (QED) is 0.539. The molecule has 2 aromatic heterocycles. The van der Waals surface area contributed by atoms with Gasteiger partial charge in [-0.1, -0.05) is 11.6 Å². The molecule has 0 spiro atoms. The summed E-state index contributed by atoms with van der Waals surface area (Å²) in [6.45, 7) is 4.68. The molecule has 5 heterocycles. The molecule has 3 aliphatic rings. The maximum atomic E-state index is 13.8. The lowest BCUT2D eigenvalue weighted by atomic mass is 9.95. The van der Waals surface area contributed by atoms with Crippen molar-refractivity contribution in [2.24, 2.45) is 0 Å². The monoisotopic (exact) mass is 498 g/mol. The zero-order chi connectivity index (χ0) is 23.9. The first-order chi connectivity index (χ1) is 17.1. The molecule has 0 amide bonds. The molecule has 2 fully saturated rings. The van der Waals surface area contributed by atoms with E-state index in [1.54, 1.807) is 6.07 Å². The Balaban J connectivity index is 1.28. The maximum absolute atomic E-state index is 13.8. The van der Waals surface area contributed by atoms with E-state index in [2.05, 4.69) is 36.6 Å². The van der Waals surface area contributed by atoms with Gasteiger partial charge < -0.3 is 14.4 Å². The average molecular weight is 499 g/mol. The van der Waals surface area contributed by atoms with Crippen LogP contribution in [0.5, 0.6) is 5.75 Å². The molecule has 0 radical (unpaired) electrons. The smallest absolute Gasteiger partial charge is 0.183 e. The second kappa shape index (κ2) is 9.37. The molecule has 35 heavy (non-hydrogen) atoms. The minimum atomic E-state index is -0.450. The highest BCUT2D eigenvalue weighted by molar-refractivity contribution is 6.30. The zero-order valence-corrected chi connectivity index (χ0v) is 20.4. The van der Waals surface area contributed by atoms with Gasteiger partial charge >= 0.3 is 0 Å². The van der Waals surface area contributed by atoms with Crippen molar-refractivity contribution < 1.29 is 13.9 Å². The predicted molar refractivity (Wildman–Crippen MR) is 130 cm³/mol. The topological polar surface area (TPSA) is 68.5 Å². The molecule has 6 rings (SSSR count). The molecular formula is C25H28ClFN6O2. The van der Waals surface area contributed by atoms with Gasteiger partial charge in [0.15, 0.2) is 17.4 Å². The zero-order valence-electron chi connectivity index (χ0n) is 19.7. The van der Waals surface area contributed by atoms with Crippen LogP contribution in [0.15, 0.2) is 30.5 Å². The third kappa shape index (κ3) is 4.26. The van der Waals surface area contributed by atoms with Gasteiger partial charge in [-0.3, -0.25) is 9.47 Å². The largest absolute Gasteiger partial charge is 0.493 e. The number of hydrogen-bond acceptors (Lipinski definition) is 7. The number of methoxy groups -OCH3 is 1. The Morgan fingerprint density at radius 1 is 1.11 bits per heavy atom. The number of ether oxygens (including phenoxy) is 2. The average Bonchev–Trinajstić information content (AvgIpc) is 3.52. The molecule has 3 aliphatic heterocycles. The number of benzene rings is 1. The highest BCUT2D eigenvalue weighted by atomic mass is 35.5. The molecule has 184 valence electrons. The molecule has 0 N–H and O–H groups in total. The number of anilines is 1. The maximum Gasteiger partial charge on any atom is 0.183 e. The number of aromatic nitrogens is 4. The first-order valence-corrected chi connectivity index (χ1v) is 12.5. The number of piperidine rings is 1. The van der Waals surface area contributed by atoms with Gasteiger partial charge in [0.25, 0.3) is 0 Å². The van der Waals surface area contributed by atoms with Gasteiger partial charge in [-0.2, -0.15) is 0 Å². The molecule has 3 aromatic rings. The van der Waals surface area contributed by atoms with E-state index in [9.17, 15) is 4.39 Å². The van der Waals surface area contributed by atoms with E-state index >= 15 is 0 Å². The summed E-state index contributed by atoms with van der Waals surface area (Å²) in [5, 5.41) is 10.1. The van der Waals surface area contributed by atoms with Crippen molar-refractivity contribution in [2.45, 2.75) is 44.3 Å². The van der Waals surface area contributed by atoms with Crippen LogP contribution < -0.4 is 9.64 Å². The Morgan fingerprint density at radius 2 is 1.97 bits per heavy atom. The van der Waals surface area contributed by atoms with E-state index in [-0.39, 0.29) is 11.7 Å². The normalized spacial score (nSPS) is 21.0. The number of hydrogen-bond donors (Lipinski definition) is 0. The van der Waals surface area contributed by atoms with Gasteiger partial charge in [0.1, 0.15) is 11.6 Å². The van der Waals surface area contributed by atoms with E-state index in [1.807, 2.05) is 6.07 Å². The highest BCUT2D eigenvalue weighted by Gasteiger charge is 2.33. The van der Waals surface area contributed by atoms with Crippen molar-refractivity contribution >= 4 is 17.4 Å². The van der Waals surface area contributed by atoms with Crippen LogP contribution in [0.3, 0.4) is 0 Å². The molecule has 8 nitrogen and oxygen atoms in total. The lowest BCUT2D eigenvalue weighted by Crippen LogP contribution is -2.34. The van der Waals surface area contributed by atoms with Crippen molar-refractivity contribution in [3.8, 4) is 11.4 Å². The first-order valence-electron chi connectivity index (χ1n) is 12.1. The molecule has 1 aromatic carbocycles. The summed E-state index contributed by atoms with van der Waals surface area (Å²) in [4.78, 5) is 8.89. The van der Waals surface area contributed by atoms with Crippen molar-refractivity contribution in [3.05, 3.63) is 58.5 Å². The standard InChI is InChI=1S/C25H28ClFN6O2/c1-34-22-11-23(28-12-20(22)27)31-7-4-16(5-8-31)25-30-29-24-14-32(19-6-9-35-15-19)13-17-10-18(26)2-3-21(17)33(24)25/h2-3,10-12,16,19H,4-9,13-15H2,1H3/t19-/m1/s1. The second-order valence-corrected chi connectivity index (χ2v) is 9.88. The van der Waals surface area contributed by atoms with Crippen LogP contribution in [0.4, 0.5) is 10.2 Å². The Labute approximate surface area is 208 Å². The number of halogens is 2.